The largest absolute Gasteiger partial charge is 0.480 e. The average molecular weight is 243 g/mol. The molecule has 0 radical (unpaired) electrons. The molecular formula is C13H25NO3. The van der Waals surface area contributed by atoms with E-state index in [0.29, 0.717) is 18.9 Å². The Kier molecular flexibility index (Phi) is 3.61. The predicted molar refractivity (Wildman–Crippen MR) is 67.1 cm³/mol. The lowest BCUT2D eigenvalue weighted by molar-refractivity contribution is -0.153. The molecule has 1 heterocycles. The molecule has 0 aliphatic carbocycles. The molecule has 2 N–H and O–H groups in total. The first-order valence-corrected chi connectivity index (χ1v) is 6.21. The maximum absolute atomic E-state index is 11.7. The molecule has 1 unspecified atom stereocenters. The fourth-order valence-corrected chi connectivity index (χ4v) is 2.73. The highest BCUT2D eigenvalue weighted by Crippen LogP contribution is 2.45. The van der Waals surface area contributed by atoms with E-state index in [-0.39, 0.29) is 0 Å². The van der Waals surface area contributed by atoms with Crippen LogP contribution in [-0.4, -0.2) is 34.4 Å². The Morgan fingerprint density at radius 3 is 2.18 bits per heavy atom. The van der Waals surface area contributed by atoms with Crippen LogP contribution in [-0.2, 0) is 9.53 Å². The van der Waals surface area contributed by atoms with Crippen molar-refractivity contribution in [3.63, 3.8) is 0 Å². The van der Waals surface area contributed by atoms with Crippen molar-refractivity contribution < 1.29 is 14.6 Å². The third kappa shape index (κ3) is 2.63. The number of ether oxygens (including phenoxy) is 1. The summed E-state index contributed by atoms with van der Waals surface area (Å²) in [5.74, 6) is -0.417. The minimum atomic E-state index is -0.999. The number of nitrogens with one attached hydrogen (secondary N) is 1. The van der Waals surface area contributed by atoms with Gasteiger partial charge in [-0.25, -0.2) is 0 Å². The number of carbonyl (C=O) groups is 1. The summed E-state index contributed by atoms with van der Waals surface area (Å²) in [7, 11) is 0. The average Bonchev–Trinajstić information content (AvgIpc) is 2.27. The van der Waals surface area contributed by atoms with E-state index >= 15 is 0 Å². The summed E-state index contributed by atoms with van der Waals surface area (Å²) in [6, 6.07) is 0. The van der Waals surface area contributed by atoms with Crippen molar-refractivity contribution in [1.29, 1.82) is 0 Å². The van der Waals surface area contributed by atoms with Crippen molar-refractivity contribution in [2.75, 3.05) is 6.54 Å². The Morgan fingerprint density at radius 2 is 1.88 bits per heavy atom. The summed E-state index contributed by atoms with van der Waals surface area (Å²) in [6.07, 6.45) is 0.481. The van der Waals surface area contributed by atoms with E-state index in [1.165, 1.54) is 0 Å². The predicted octanol–water partition coefficient (Wildman–Crippen LogP) is 2.03. The first kappa shape index (κ1) is 14.5. The van der Waals surface area contributed by atoms with Crippen molar-refractivity contribution in [3.8, 4) is 0 Å². The van der Waals surface area contributed by atoms with Gasteiger partial charge in [-0.1, -0.05) is 13.8 Å². The van der Waals surface area contributed by atoms with Crippen LogP contribution in [0.3, 0.4) is 0 Å². The van der Waals surface area contributed by atoms with Crippen molar-refractivity contribution in [2.24, 2.45) is 5.92 Å². The zero-order chi connectivity index (χ0) is 13.5. The SMILES string of the molecule is CC(C)CNC1(C(=O)O)CC(C)(C)OC1(C)C. The molecule has 100 valence electrons. The van der Waals surface area contributed by atoms with E-state index in [0.717, 1.165) is 0 Å². The van der Waals surface area contributed by atoms with Crippen LogP contribution in [0.1, 0.15) is 48.0 Å². The fraction of sp³-hybridized carbons (Fsp3) is 0.923. The molecule has 4 heteroatoms. The van der Waals surface area contributed by atoms with Crippen molar-refractivity contribution >= 4 is 5.97 Å². The highest BCUT2D eigenvalue weighted by molar-refractivity contribution is 5.81. The third-order valence-corrected chi connectivity index (χ3v) is 3.43. The molecule has 0 aromatic heterocycles. The summed E-state index contributed by atoms with van der Waals surface area (Å²) in [5, 5.41) is 12.8. The van der Waals surface area contributed by atoms with Gasteiger partial charge in [0.1, 0.15) is 5.54 Å². The molecule has 1 aliphatic rings. The highest BCUT2D eigenvalue weighted by atomic mass is 16.5. The molecule has 17 heavy (non-hydrogen) atoms. The van der Waals surface area contributed by atoms with E-state index in [2.05, 4.69) is 19.2 Å². The maximum Gasteiger partial charge on any atom is 0.327 e. The molecule has 0 aromatic carbocycles. The van der Waals surface area contributed by atoms with Crippen molar-refractivity contribution in [1.82, 2.24) is 5.32 Å². The van der Waals surface area contributed by atoms with Crippen LogP contribution in [0.5, 0.6) is 0 Å². The Balaban J connectivity index is 3.03. The number of carboxylic acid groups (broad SMARTS) is 1. The fourth-order valence-electron chi connectivity index (χ4n) is 2.73. The quantitative estimate of drug-likeness (QED) is 0.793. The molecule has 0 saturated carbocycles. The van der Waals surface area contributed by atoms with Crippen LogP contribution < -0.4 is 5.32 Å². The number of rotatable bonds is 4. The number of aliphatic carboxylic acids is 1. The van der Waals surface area contributed by atoms with E-state index in [4.69, 9.17) is 4.74 Å². The zero-order valence-electron chi connectivity index (χ0n) is 11.8. The molecule has 0 amide bonds. The maximum atomic E-state index is 11.7. The van der Waals surface area contributed by atoms with Crippen LogP contribution in [0.15, 0.2) is 0 Å². The smallest absolute Gasteiger partial charge is 0.327 e. The molecular weight excluding hydrogens is 218 g/mol. The molecule has 0 aromatic rings. The van der Waals surface area contributed by atoms with E-state index < -0.39 is 22.7 Å². The van der Waals surface area contributed by atoms with Gasteiger partial charge in [0, 0.05) is 6.42 Å². The molecule has 1 atom stereocenters. The molecule has 1 rings (SSSR count). The number of hydrogen-bond donors (Lipinski definition) is 2. The van der Waals surface area contributed by atoms with E-state index in [1.807, 2.05) is 27.7 Å². The second kappa shape index (κ2) is 4.25. The Hall–Kier alpha value is -0.610. The lowest BCUT2D eigenvalue weighted by Crippen LogP contribution is -2.63. The normalized spacial score (nSPS) is 30.8. The number of hydrogen-bond acceptors (Lipinski definition) is 3. The molecule has 0 spiro atoms. The van der Waals surface area contributed by atoms with Crippen LogP contribution >= 0.6 is 0 Å². The van der Waals surface area contributed by atoms with Gasteiger partial charge in [0.05, 0.1) is 11.2 Å². The number of carboxylic acids is 1. The Morgan fingerprint density at radius 1 is 1.35 bits per heavy atom. The lowest BCUT2D eigenvalue weighted by atomic mass is 9.78. The highest BCUT2D eigenvalue weighted by Gasteiger charge is 2.61. The Labute approximate surface area is 104 Å². The first-order valence-electron chi connectivity index (χ1n) is 6.21. The third-order valence-electron chi connectivity index (χ3n) is 3.43. The van der Waals surface area contributed by atoms with Crippen LogP contribution in [0.2, 0.25) is 0 Å². The summed E-state index contributed by atoms with van der Waals surface area (Å²) in [4.78, 5) is 11.7. The molecule has 0 bridgehead atoms. The van der Waals surface area contributed by atoms with Crippen molar-refractivity contribution in [2.45, 2.75) is 64.7 Å². The second-order valence-corrected chi connectivity index (χ2v) is 6.53. The second-order valence-electron chi connectivity index (χ2n) is 6.53. The van der Waals surface area contributed by atoms with Gasteiger partial charge < -0.3 is 9.84 Å². The minimum Gasteiger partial charge on any atom is -0.480 e. The topological polar surface area (TPSA) is 58.6 Å². The molecule has 1 aliphatic heterocycles. The molecule has 1 saturated heterocycles. The molecule has 4 nitrogen and oxygen atoms in total. The standard InChI is InChI=1S/C13H25NO3/c1-9(2)7-14-13(10(15)16)8-11(3,4)17-12(13,5)6/h9,14H,7-8H2,1-6H3,(H,15,16). The van der Waals surface area contributed by atoms with E-state index in [9.17, 15) is 9.90 Å². The first-order chi connectivity index (χ1) is 7.52. The van der Waals surface area contributed by atoms with Gasteiger partial charge in [0.15, 0.2) is 0 Å². The van der Waals surface area contributed by atoms with Gasteiger partial charge in [-0.05, 0) is 40.2 Å². The summed E-state index contributed by atoms with van der Waals surface area (Å²) < 4.78 is 5.90. The summed E-state index contributed by atoms with van der Waals surface area (Å²) in [6.45, 7) is 12.4. The summed E-state index contributed by atoms with van der Waals surface area (Å²) >= 11 is 0. The van der Waals surface area contributed by atoms with Gasteiger partial charge in [0.2, 0.25) is 0 Å². The summed E-state index contributed by atoms with van der Waals surface area (Å²) in [5.41, 5.74) is -2.12. The van der Waals surface area contributed by atoms with Crippen molar-refractivity contribution in [3.05, 3.63) is 0 Å². The molecule has 1 fully saturated rings. The zero-order valence-corrected chi connectivity index (χ0v) is 11.8. The van der Waals surface area contributed by atoms with E-state index in [1.54, 1.807) is 0 Å². The Bertz CT molecular complexity index is 310. The van der Waals surface area contributed by atoms with Gasteiger partial charge in [-0.3, -0.25) is 10.1 Å². The van der Waals surface area contributed by atoms with Gasteiger partial charge in [-0.2, -0.15) is 0 Å². The van der Waals surface area contributed by atoms with Gasteiger partial charge >= 0.3 is 5.97 Å². The lowest BCUT2D eigenvalue weighted by Gasteiger charge is -2.37. The monoisotopic (exact) mass is 243 g/mol. The van der Waals surface area contributed by atoms with Gasteiger partial charge in [0.25, 0.3) is 0 Å². The van der Waals surface area contributed by atoms with Crippen LogP contribution in [0, 0.1) is 5.92 Å². The van der Waals surface area contributed by atoms with Crippen LogP contribution in [0.4, 0.5) is 0 Å². The van der Waals surface area contributed by atoms with Crippen LogP contribution in [0.25, 0.3) is 0 Å². The van der Waals surface area contributed by atoms with Gasteiger partial charge in [-0.15, -0.1) is 0 Å². The minimum absolute atomic E-state index is 0.408.